The Morgan fingerprint density at radius 3 is 1.77 bits per heavy atom. The van der Waals surface area contributed by atoms with Crippen molar-refractivity contribution in [2.45, 2.75) is 9.41 Å². The molecule has 0 radical (unpaired) electrons. The maximum Gasteiger partial charge on any atom is 0.417 e. The van der Waals surface area contributed by atoms with Crippen molar-refractivity contribution in [1.29, 1.82) is 0 Å². The lowest BCUT2D eigenvalue weighted by molar-refractivity contribution is -0.135. The van der Waals surface area contributed by atoms with Crippen LogP contribution in [0.3, 0.4) is 0 Å². The molecule has 0 amide bonds. The quantitative estimate of drug-likeness (QED) is 0.681. The van der Waals surface area contributed by atoms with Crippen LogP contribution in [0.25, 0.3) is 0 Å². The topological polar surface area (TPSA) is 0 Å². The Morgan fingerprint density at radius 2 is 1.38 bits per heavy atom. The van der Waals surface area contributed by atoms with Crippen LogP contribution in [0, 0.1) is 0 Å². The van der Waals surface area contributed by atoms with Crippen LogP contribution in [0.4, 0.5) is 13.2 Å². The third-order valence-electron chi connectivity index (χ3n) is 1.49. The minimum absolute atomic E-state index is 0.127. The molecule has 1 aromatic carbocycles. The Hall–Kier alpha value is -0.0300. The Morgan fingerprint density at radius 1 is 0.923 bits per heavy atom. The standard InChI is InChI=1S/C8H5Br2F3/c9-7(10,8(11,12)13)6-4-2-1-3-5-6/h1-5H. The summed E-state index contributed by atoms with van der Waals surface area (Å²) in [5.74, 6) is 0. The molecule has 0 N–H and O–H groups in total. The van der Waals surface area contributed by atoms with E-state index in [1.807, 2.05) is 0 Å². The average molecular weight is 318 g/mol. The van der Waals surface area contributed by atoms with Gasteiger partial charge in [-0.3, -0.25) is 0 Å². The Kier molecular flexibility index (Phi) is 3.07. The van der Waals surface area contributed by atoms with Gasteiger partial charge in [0, 0.05) is 0 Å². The Bertz CT molecular complexity index is 279. The fraction of sp³-hybridized carbons (Fsp3) is 0.250. The van der Waals surface area contributed by atoms with Crippen molar-refractivity contribution in [3.05, 3.63) is 35.9 Å². The molecule has 0 atom stereocenters. The minimum Gasteiger partial charge on any atom is -0.168 e. The second kappa shape index (κ2) is 3.61. The molecule has 72 valence electrons. The van der Waals surface area contributed by atoms with Gasteiger partial charge in [-0.05, 0) is 5.56 Å². The normalized spacial score (nSPS) is 13.0. The van der Waals surface area contributed by atoms with Gasteiger partial charge < -0.3 is 0 Å². The van der Waals surface area contributed by atoms with Gasteiger partial charge >= 0.3 is 6.18 Å². The van der Waals surface area contributed by atoms with Crippen molar-refractivity contribution in [3.63, 3.8) is 0 Å². The van der Waals surface area contributed by atoms with Gasteiger partial charge in [-0.2, -0.15) is 13.2 Å². The summed E-state index contributed by atoms with van der Waals surface area (Å²) < 4.78 is 35.1. The lowest BCUT2D eigenvalue weighted by atomic mass is 10.1. The van der Waals surface area contributed by atoms with Gasteiger partial charge in [0.25, 0.3) is 0 Å². The SMILES string of the molecule is FC(F)(F)C(Br)(Br)c1ccccc1. The molecule has 0 aliphatic heterocycles. The van der Waals surface area contributed by atoms with Gasteiger partial charge in [0.05, 0.1) is 0 Å². The molecule has 0 fully saturated rings. The highest BCUT2D eigenvalue weighted by molar-refractivity contribution is 9.24. The van der Waals surface area contributed by atoms with Crippen LogP contribution in [0.5, 0.6) is 0 Å². The summed E-state index contributed by atoms with van der Waals surface area (Å²) in [6, 6.07) is 7.57. The number of halogens is 5. The van der Waals surface area contributed by atoms with Gasteiger partial charge in [0.1, 0.15) is 0 Å². The van der Waals surface area contributed by atoms with Crippen LogP contribution in [0.15, 0.2) is 30.3 Å². The highest BCUT2D eigenvalue weighted by atomic mass is 79.9. The van der Waals surface area contributed by atoms with E-state index in [0.29, 0.717) is 0 Å². The molecular weight excluding hydrogens is 313 g/mol. The summed E-state index contributed by atoms with van der Waals surface area (Å²) in [6.07, 6.45) is -4.37. The van der Waals surface area contributed by atoms with Gasteiger partial charge in [0.2, 0.25) is 3.23 Å². The first-order valence-corrected chi connectivity index (χ1v) is 4.94. The first-order valence-electron chi connectivity index (χ1n) is 3.36. The Balaban J connectivity index is 3.08. The number of hydrogen-bond acceptors (Lipinski definition) is 0. The third-order valence-corrected chi connectivity index (χ3v) is 3.31. The lowest BCUT2D eigenvalue weighted by Crippen LogP contribution is -2.30. The van der Waals surface area contributed by atoms with Crippen LogP contribution in [-0.2, 0) is 3.23 Å². The second-order valence-corrected chi connectivity index (χ2v) is 5.88. The summed E-state index contributed by atoms with van der Waals surface area (Å²) in [7, 11) is 0. The molecule has 1 rings (SSSR count). The lowest BCUT2D eigenvalue weighted by Gasteiger charge is -2.23. The fourth-order valence-corrected chi connectivity index (χ4v) is 1.34. The maximum atomic E-state index is 12.4. The monoisotopic (exact) mass is 316 g/mol. The van der Waals surface area contributed by atoms with E-state index in [0.717, 1.165) is 0 Å². The predicted molar refractivity (Wildman–Crippen MR) is 52.0 cm³/mol. The summed E-state index contributed by atoms with van der Waals surface area (Å²) in [5.41, 5.74) is 0.127. The summed E-state index contributed by atoms with van der Waals surface area (Å²) in [6.45, 7) is 0. The molecule has 1 aromatic rings. The van der Waals surface area contributed by atoms with E-state index in [4.69, 9.17) is 0 Å². The highest BCUT2D eigenvalue weighted by Gasteiger charge is 2.52. The van der Waals surface area contributed by atoms with E-state index in [1.165, 1.54) is 12.1 Å². The molecule has 0 nitrogen and oxygen atoms in total. The first-order chi connectivity index (χ1) is 5.86. The van der Waals surface area contributed by atoms with Gasteiger partial charge in [-0.25, -0.2) is 0 Å². The zero-order valence-electron chi connectivity index (χ0n) is 6.28. The Labute approximate surface area is 90.4 Å². The second-order valence-electron chi connectivity index (χ2n) is 2.44. The summed E-state index contributed by atoms with van der Waals surface area (Å²) >= 11 is 5.20. The van der Waals surface area contributed by atoms with Crippen molar-refractivity contribution in [2.75, 3.05) is 0 Å². The first kappa shape index (κ1) is 11.0. The number of rotatable bonds is 1. The third kappa shape index (κ3) is 2.26. The molecule has 0 unspecified atom stereocenters. The number of hydrogen-bond donors (Lipinski definition) is 0. The molecular formula is C8H5Br2F3. The van der Waals surface area contributed by atoms with Crippen LogP contribution < -0.4 is 0 Å². The molecule has 13 heavy (non-hydrogen) atoms. The molecule has 5 heteroatoms. The zero-order chi connectivity index (χ0) is 10.1. The van der Waals surface area contributed by atoms with E-state index in [2.05, 4.69) is 31.9 Å². The molecule has 0 aliphatic rings. The molecule has 0 heterocycles. The highest BCUT2D eigenvalue weighted by Crippen LogP contribution is 2.51. The van der Waals surface area contributed by atoms with E-state index in [1.54, 1.807) is 18.2 Å². The molecule has 0 saturated heterocycles. The van der Waals surface area contributed by atoms with E-state index in [9.17, 15) is 13.2 Å². The molecule has 0 saturated carbocycles. The smallest absolute Gasteiger partial charge is 0.168 e. The van der Waals surface area contributed by atoms with Crippen molar-refractivity contribution >= 4 is 31.9 Å². The minimum atomic E-state index is -4.37. The van der Waals surface area contributed by atoms with E-state index < -0.39 is 9.41 Å². The van der Waals surface area contributed by atoms with Crippen molar-refractivity contribution in [1.82, 2.24) is 0 Å². The molecule has 0 aliphatic carbocycles. The van der Waals surface area contributed by atoms with Crippen LogP contribution in [0.2, 0.25) is 0 Å². The van der Waals surface area contributed by atoms with Crippen LogP contribution in [-0.4, -0.2) is 6.18 Å². The fourth-order valence-electron chi connectivity index (χ4n) is 0.811. The summed E-state index contributed by atoms with van der Waals surface area (Å²) in [5, 5.41) is 0. The number of benzene rings is 1. The van der Waals surface area contributed by atoms with Crippen molar-refractivity contribution in [2.24, 2.45) is 0 Å². The van der Waals surface area contributed by atoms with Crippen molar-refractivity contribution in [3.8, 4) is 0 Å². The molecule has 0 aromatic heterocycles. The molecule has 0 spiro atoms. The van der Waals surface area contributed by atoms with Crippen LogP contribution in [0.1, 0.15) is 5.56 Å². The number of alkyl halides is 5. The predicted octanol–water partition coefficient (Wildman–Crippen LogP) is 4.19. The van der Waals surface area contributed by atoms with E-state index in [-0.39, 0.29) is 5.56 Å². The van der Waals surface area contributed by atoms with E-state index >= 15 is 0 Å². The maximum absolute atomic E-state index is 12.4. The zero-order valence-corrected chi connectivity index (χ0v) is 9.45. The largest absolute Gasteiger partial charge is 0.417 e. The van der Waals surface area contributed by atoms with Crippen molar-refractivity contribution < 1.29 is 13.2 Å². The van der Waals surface area contributed by atoms with Gasteiger partial charge in [-0.15, -0.1) is 0 Å². The van der Waals surface area contributed by atoms with Gasteiger partial charge in [0.15, 0.2) is 0 Å². The molecule has 0 bridgehead atoms. The van der Waals surface area contributed by atoms with Gasteiger partial charge in [-0.1, -0.05) is 62.2 Å². The average Bonchev–Trinajstić information content (AvgIpc) is 2.04. The summed E-state index contributed by atoms with van der Waals surface area (Å²) in [4.78, 5) is 0. The van der Waals surface area contributed by atoms with Crippen LogP contribution >= 0.6 is 31.9 Å².